The molecule has 5 nitrogen and oxygen atoms in total. The number of likely N-dealkylation sites (tertiary alicyclic amines) is 1. The predicted molar refractivity (Wildman–Crippen MR) is 44.3 cm³/mol. The van der Waals surface area contributed by atoms with Crippen molar-refractivity contribution >= 4 is 11.9 Å². The van der Waals surface area contributed by atoms with Crippen LogP contribution >= 0.6 is 0 Å². The molecule has 0 bridgehead atoms. The maximum atomic E-state index is 11.2. The van der Waals surface area contributed by atoms with Crippen LogP contribution in [0.25, 0.3) is 0 Å². The zero-order valence-corrected chi connectivity index (χ0v) is 7.32. The number of carboxylic acid groups (broad SMARTS) is 1. The van der Waals surface area contributed by atoms with E-state index >= 15 is 0 Å². The number of ketones is 1. The van der Waals surface area contributed by atoms with E-state index in [4.69, 9.17) is 5.11 Å². The van der Waals surface area contributed by atoms with Crippen LogP contribution in [0.3, 0.4) is 0 Å². The van der Waals surface area contributed by atoms with Gasteiger partial charge < -0.3 is 14.7 Å². The minimum absolute atomic E-state index is 0.0423. The Hall–Kier alpha value is -1.52. The summed E-state index contributed by atoms with van der Waals surface area (Å²) in [4.78, 5) is 22.9. The second-order valence-electron chi connectivity index (χ2n) is 2.76. The third-order valence-electron chi connectivity index (χ3n) is 1.86. The van der Waals surface area contributed by atoms with Gasteiger partial charge in [0.2, 0.25) is 0 Å². The van der Waals surface area contributed by atoms with E-state index in [1.807, 2.05) is 0 Å². The number of Topliss-reactive ketones (excluding diaryl/α,β-unsaturated/α-hetero) is 1. The first-order valence-electron chi connectivity index (χ1n) is 3.88. The summed E-state index contributed by atoms with van der Waals surface area (Å²) >= 11 is 0. The number of amides is 1. The maximum Gasteiger partial charge on any atom is 0.407 e. The molecule has 1 aliphatic rings. The molecule has 1 amide bonds. The van der Waals surface area contributed by atoms with Crippen molar-refractivity contribution in [2.45, 2.75) is 6.42 Å². The fourth-order valence-corrected chi connectivity index (χ4v) is 1.18. The Balaban J connectivity index is 2.69. The van der Waals surface area contributed by atoms with Crippen LogP contribution in [-0.2, 0) is 9.53 Å². The number of carbonyl (C=O) groups excluding carboxylic acids is 1. The van der Waals surface area contributed by atoms with Crippen molar-refractivity contribution in [3.05, 3.63) is 11.8 Å². The van der Waals surface area contributed by atoms with E-state index in [0.717, 1.165) is 0 Å². The lowest BCUT2D eigenvalue weighted by molar-refractivity contribution is -0.117. The number of ether oxygens (including phenoxy) is 1. The molecule has 1 heterocycles. The average molecular weight is 185 g/mol. The van der Waals surface area contributed by atoms with Crippen LogP contribution in [0.5, 0.6) is 0 Å². The molecule has 0 radical (unpaired) electrons. The van der Waals surface area contributed by atoms with Crippen LogP contribution in [-0.4, -0.2) is 42.1 Å². The lowest BCUT2D eigenvalue weighted by atomic mass is 10.1. The second kappa shape index (κ2) is 3.93. The number of methoxy groups -OCH3 is 1. The molecule has 0 saturated carbocycles. The topological polar surface area (TPSA) is 66.8 Å². The molecule has 0 aliphatic carbocycles. The standard InChI is InChI=1S/C8H11NO4/c1-13-5-6-4-9(8(11)12)3-2-7(6)10/h5H,2-4H2,1H3,(H,11,12)/b6-5+. The fourth-order valence-electron chi connectivity index (χ4n) is 1.18. The highest BCUT2D eigenvalue weighted by atomic mass is 16.5. The van der Waals surface area contributed by atoms with Gasteiger partial charge in [-0.1, -0.05) is 0 Å². The number of hydrogen-bond acceptors (Lipinski definition) is 3. The number of rotatable bonds is 1. The Kier molecular flexibility index (Phi) is 2.89. The van der Waals surface area contributed by atoms with Crippen LogP contribution in [0.15, 0.2) is 11.8 Å². The van der Waals surface area contributed by atoms with Crippen LogP contribution in [0, 0.1) is 0 Å². The van der Waals surface area contributed by atoms with Crippen LogP contribution in [0.2, 0.25) is 0 Å². The van der Waals surface area contributed by atoms with Crippen molar-refractivity contribution < 1.29 is 19.4 Å². The molecule has 0 unspecified atom stereocenters. The molecule has 1 saturated heterocycles. The first kappa shape index (κ1) is 9.57. The summed E-state index contributed by atoms with van der Waals surface area (Å²) < 4.78 is 4.68. The van der Waals surface area contributed by atoms with Crippen molar-refractivity contribution in [3.8, 4) is 0 Å². The molecular formula is C8H11NO4. The average Bonchev–Trinajstić information content (AvgIpc) is 2.08. The highest BCUT2D eigenvalue weighted by molar-refractivity contribution is 5.97. The van der Waals surface area contributed by atoms with Crippen molar-refractivity contribution in [2.75, 3.05) is 20.2 Å². The predicted octanol–water partition coefficient (Wildman–Crippen LogP) is 0.469. The summed E-state index contributed by atoms with van der Waals surface area (Å²) in [7, 11) is 1.43. The molecule has 5 heteroatoms. The number of piperidine rings is 1. The van der Waals surface area contributed by atoms with Crippen molar-refractivity contribution in [1.82, 2.24) is 4.90 Å². The van der Waals surface area contributed by atoms with E-state index in [9.17, 15) is 9.59 Å². The number of nitrogens with zero attached hydrogens (tertiary/aromatic N) is 1. The summed E-state index contributed by atoms with van der Waals surface area (Å²) in [5.41, 5.74) is 0.413. The quantitative estimate of drug-likeness (QED) is 0.476. The first-order valence-corrected chi connectivity index (χ1v) is 3.88. The maximum absolute atomic E-state index is 11.2. The normalized spacial score (nSPS) is 20.5. The minimum atomic E-state index is -1.01. The van der Waals surface area contributed by atoms with E-state index in [2.05, 4.69) is 4.74 Å². The van der Waals surface area contributed by atoms with Gasteiger partial charge in [0, 0.05) is 18.5 Å². The zero-order chi connectivity index (χ0) is 9.84. The molecule has 0 spiro atoms. The Morgan fingerprint density at radius 3 is 2.92 bits per heavy atom. The second-order valence-corrected chi connectivity index (χ2v) is 2.76. The smallest absolute Gasteiger partial charge is 0.407 e. The van der Waals surface area contributed by atoms with E-state index in [0.29, 0.717) is 5.57 Å². The summed E-state index contributed by atoms with van der Waals surface area (Å²) in [6.07, 6.45) is 0.536. The molecular weight excluding hydrogens is 174 g/mol. The monoisotopic (exact) mass is 185 g/mol. The van der Waals surface area contributed by atoms with Gasteiger partial charge in [0.1, 0.15) is 0 Å². The lowest BCUT2D eigenvalue weighted by Gasteiger charge is -2.24. The van der Waals surface area contributed by atoms with Crippen molar-refractivity contribution in [3.63, 3.8) is 0 Å². The molecule has 0 aromatic carbocycles. The largest absolute Gasteiger partial charge is 0.504 e. The molecule has 1 N–H and O–H groups in total. The van der Waals surface area contributed by atoms with E-state index in [1.54, 1.807) is 0 Å². The van der Waals surface area contributed by atoms with Gasteiger partial charge in [0.15, 0.2) is 5.78 Å². The van der Waals surface area contributed by atoms with E-state index in [1.165, 1.54) is 18.3 Å². The van der Waals surface area contributed by atoms with Gasteiger partial charge in [0.25, 0.3) is 0 Å². The summed E-state index contributed by atoms with van der Waals surface area (Å²) in [6, 6.07) is 0. The third-order valence-corrected chi connectivity index (χ3v) is 1.86. The van der Waals surface area contributed by atoms with Gasteiger partial charge in [-0.25, -0.2) is 4.79 Å². The van der Waals surface area contributed by atoms with E-state index in [-0.39, 0.29) is 25.3 Å². The fraction of sp³-hybridized carbons (Fsp3) is 0.500. The van der Waals surface area contributed by atoms with Gasteiger partial charge >= 0.3 is 6.09 Å². The number of hydrogen-bond donors (Lipinski definition) is 1. The van der Waals surface area contributed by atoms with Crippen molar-refractivity contribution in [2.24, 2.45) is 0 Å². The molecule has 0 aromatic rings. The number of carbonyl (C=O) groups is 2. The van der Waals surface area contributed by atoms with Crippen LogP contribution in [0.1, 0.15) is 6.42 Å². The summed E-state index contributed by atoms with van der Waals surface area (Å²) in [5, 5.41) is 8.66. The minimum Gasteiger partial charge on any atom is -0.504 e. The Labute approximate surface area is 75.6 Å². The third kappa shape index (κ3) is 2.21. The summed E-state index contributed by atoms with van der Waals surface area (Å²) in [5.74, 6) is -0.0423. The Bertz CT molecular complexity index is 259. The van der Waals surface area contributed by atoms with Gasteiger partial charge in [-0.15, -0.1) is 0 Å². The molecule has 1 rings (SSSR count). The Morgan fingerprint density at radius 1 is 1.69 bits per heavy atom. The SMILES string of the molecule is CO/C=C1\CN(C(=O)O)CCC1=O. The van der Waals surface area contributed by atoms with Gasteiger partial charge in [-0.2, -0.15) is 0 Å². The van der Waals surface area contributed by atoms with Crippen LogP contribution in [0.4, 0.5) is 4.79 Å². The first-order chi connectivity index (χ1) is 6.15. The van der Waals surface area contributed by atoms with Gasteiger partial charge in [-0.05, 0) is 0 Å². The molecule has 0 aromatic heterocycles. The molecule has 0 atom stereocenters. The van der Waals surface area contributed by atoms with Gasteiger partial charge in [0.05, 0.1) is 19.9 Å². The molecule has 1 fully saturated rings. The highest BCUT2D eigenvalue weighted by Crippen LogP contribution is 2.11. The van der Waals surface area contributed by atoms with E-state index < -0.39 is 6.09 Å². The lowest BCUT2D eigenvalue weighted by Crippen LogP contribution is -2.39. The highest BCUT2D eigenvalue weighted by Gasteiger charge is 2.24. The molecule has 1 aliphatic heterocycles. The van der Waals surface area contributed by atoms with Crippen molar-refractivity contribution in [1.29, 1.82) is 0 Å². The molecule has 72 valence electrons. The molecule has 13 heavy (non-hydrogen) atoms. The van der Waals surface area contributed by atoms with Crippen LogP contribution < -0.4 is 0 Å². The zero-order valence-electron chi connectivity index (χ0n) is 7.32. The summed E-state index contributed by atoms with van der Waals surface area (Å²) in [6.45, 7) is 0.400. The Morgan fingerprint density at radius 2 is 2.38 bits per heavy atom. The van der Waals surface area contributed by atoms with Gasteiger partial charge in [-0.3, -0.25) is 4.79 Å².